The highest BCUT2D eigenvalue weighted by Crippen LogP contribution is 2.25. The summed E-state index contributed by atoms with van der Waals surface area (Å²) in [7, 11) is 2.04. The SMILES string of the molecule is CCCn1nc(C)c(N)c1N(C)CC. The second-order valence-electron chi connectivity index (χ2n) is 3.56. The van der Waals surface area contributed by atoms with E-state index in [0.29, 0.717) is 0 Å². The molecule has 1 aromatic rings. The van der Waals surface area contributed by atoms with E-state index in [1.54, 1.807) is 0 Å². The third kappa shape index (κ3) is 1.84. The lowest BCUT2D eigenvalue weighted by atomic mass is 10.3. The maximum Gasteiger partial charge on any atom is 0.150 e. The van der Waals surface area contributed by atoms with Gasteiger partial charge in [0.05, 0.1) is 11.4 Å². The molecule has 2 N–H and O–H groups in total. The van der Waals surface area contributed by atoms with Crippen molar-refractivity contribution in [3.05, 3.63) is 5.69 Å². The largest absolute Gasteiger partial charge is 0.394 e. The van der Waals surface area contributed by atoms with Gasteiger partial charge in [-0.2, -0.15) is 5.10 Å². The molecule has 4 nitrogen and oxygen atoms in total. The van der Waals surface area contributed by atoms with Crippen LogP contribution in [0.5, 0.6) is 0 Å². The Hall–Kier alpha value is -1.19. The van der Waals surface area contributed by atoms with Crippen LogP contribution in [0.15, 0.2) is 0 Å². The van der Waals surface area contributed by atoms with E-state index in [-0.39, 0.29) is 0 Å². The van der Waals surface area contributed by atoms with Crippen LogP contribution in [0.1, 0.15) is 26.0 Å². The number of nitrogen functional groups attached to an aromatic ring is 1. The highest BCUT2D eigenvalue weighted by atomic mass is 15.4. The molecule has 14 heavy (non-hydrogen) atoms. The molecule has 0 aliphatic carbocycles. The molecule has 0 saturated carbocycles. The van der Waals surface area contributed by atoms with Crippen LogP contribution in [0.25, 0.3) is 0 Å². The fourth-order valence-electron chi connectivity index (χ4n) is 1.50. The molecular formula is C10H20N4. The molecule has 0 bridgehead atoms. The summed E-state index contributed by atoms with van der Waals surface area (Å²) < 4.78 is 1.99. The molecule has 0 aliphatic heterocycles. The molecule has 80 valence electrons. The first-order valence-corrected chi connectivity index (χ1v) is 5.15. The predicted molar refractivity (Wildman–Crippen MR) is 60.6 cm³/mol. The van der Waals surface area contributed by atoms with Crippen LogP contribution in [0.3, 0.4) is 0 Å². The first-order valence-electron chi connectivity index (χ1n) is 5.15. The van der Waals surface area contributed by atoms with Crippen LogP contribution in [-0.4, -0.2) is 23.4 Å². The average Bonchev–Trinajstić information content (AvgIpc) is 2.43. The van der Waals surface area contributed by atoms with Crippen molar-refractivity contribution in [3.63, 3.8) is 0 Å². The quantitative estimate of drug-likeness (QED) is 0.796. The highest BCUT2D eigenvalue weighted by Gasteiger charge is 2.14. The van der Waals surface area contributed by atoms with Gasteiger partial charge in [-0.05, 0) is 20.3 Å². The Labute approximate surface area is 85.7 Å². The van der Waals surface area contributed by atoms with Crippen molar-refractivity contribution in [2.45, 2.75) is 33.7 Å². The normalized spacial score (nSPS) is 10.6. The molecule has 1 rings (SSSR count). The lowest BCUT2D eigenvalue weighted by Gasteiger charge is -2.18. The maximum absolute atomic E-state index is 5.99. The van der Waals surface area contributed by atoms with Gasteiger partial charge in [0.15, 0.2) is 0 Å². The van der Waals surface area contributed by atoms with E-state index in [2.05, 4.69) is 23.8 Å². The van der Waals surface area contributed by atoms with E-state index < -0.39 is 0 Å². The molecule has 1 heterocycles. The molecular weight excluding hydrogens is 176 g/mol. The molecule has 0 fully saturated rings. The van der Waals surface area contributed by atoms with E-state index in [1.807, 2.05) is 18.7 Å². The third-order valence-corrected chi connectivity index (χ3v) is 2.42. The summed E-state index contributed by atoms with van der Waals surface area (Å²) in [5.74, 6) is 1.05. The zero-order chi connectivity index (χ0) is 10.7. The zero-order valence-corrected chi connectivity index (χ0v) is 9.54. The second-order valence-corrected chi connectivity index (χ2v) is 3.56. The Morgan fingerprint density at radius 1 is 1.43 bits per heavy atom. The number of nitrogens with zero attached hydrogens (tertiary/aromatic N) is 3. The maximum atomic E-state index is 5.99. The van der Waals surface area contributed by atoms with Gasteiger partial charge < -0.3 is 10.6 Å². The van der Waals surface area contributed by atoms with Crippen LogP contribution < -0.4 is 10.6 Å². The number of rotatable bonds is 4. The van der Waals surface area contributed by atoms with Gasteiger partial charge in [-0.15, -0.1) is 0 Å². The molecule has 1 aromatic heterocycles. The Morgan fingerprint density at radius 2 is 2.07 bits per heavy atom. The van der Waals surface area contributed by atoms with E-state index in [4.69, 9.17) is 5.73 Å². The first-order chi connectivity index (χ1) is 6.61. The molecule has 0 unspecified atom stereocenters. The third-order valence-electron chi connectivity index (χ3n) is 2.42. The Morgan fingerprint density at radius 3 is 2.57 bits per heavy atom. The number of anilines is 2. The van der Waals surface area contributed by atoms with Gasteiger partial charge in [-0.3, -0.25) is 0 Å². The molecule has 0 saturated heterocycles. The molecule has 0 aliphatic rings. The van der Waals surface area contributed by atoms with Crippen LogP contribution in [0, 0.1) is 6.92 Å². The van der Waals surface area contributed by atoms with E-state index in [9.17, 15) is 0 Å². The van der Waals surface area contributed by atoms with Gasteiger partial charge in [0.1, 0.15) is 5.82 Å². The summed E-state index contributed by atoms with van der Waals surface area (Å²) in [6.07, 6.45) is 1.07. The van der Waals surface area contributed by atoms with Crippen molar-refractivity contribution in [1.29, 1.82) is 0 Å². The van der Waals surface area contributed by atoms with Crippen LogP contribution in [-0.2, 0) is 6.54 Å². The minimum atomic E-state index is 0.808. The lowest BCUT2D eigenvalue weighted by Crippen LogP contribution is -2.21. The van der Waals surface area contributed by atoms with Crippen molar-refractivity contribution in [2.24, 2.45) is 0 Å². The van der Waals surface area contributed by atoms with Crippen molar-refractivity contribution >= 4 is 11.5 Å². The van der Waals surface area contributed by atoms with E-state index >= 15 is 0 Å². The minimum Gasteiger partial charge on any atom is -0.394 e. The molecule has 0 aromatic carbocycles. The summed E-state index contributed by atoms with van der Waals surface area (Å²) in [6.45, 7) is 8.08. The Kier molecular flexibility index (Phi) is 3.38. The van der Waals surface area contributed by atoms with E-state index in [0.717, 1.165) is 36.7 Å². The van der Waals surface area contributed by atoms with Gasteiger partial charge in [0.2, 0.25) is 0 Å². The number of hydrogen-bond acceptors (Lipinski definition) is 3. The highest BCUT2D eigenvalue weighted by molar-refractivity contribution is 5.65. The lowest BCUT2D eigenvalue weighted by molar-refractivity contribution is 0.593. The monoisotopic (exact) mass is 196 g/mol. The molecule has 0 amide bonds. The first kappa shape index (κ1) is 10.9. The van der Waals surface area contributed by atoms with Crippen molar-refractivity contribution in [1.82, 2.24) is 9.78 Å². The Bertz CT molecular complexity index is 303. The summed E-state index contributed by atoms with van der Waals surface area (Å²) in [4.78, 5) is 2.13. The number of aromatic nitrogens is 2. The number of aryl methyl sites for hydroxylation is 2. The summed E-state index contributed by atoms with van der Waals surface area (Å²) >= 11 is 0. The summed E-state index contributed by atoms with van der Waals surface area (Å²) in [5.41, 5.74) is 7.72. The predicted octanol–water partition coefficient (Wildman–Crippen LogP) is 1.64. The molecule has 0 atom stereocenters. The standard InChI is InChI=1S/C10H20N4/c1-5-7-14-10(13(4)6-2)9(11)8(3)12-14/h5-7,11H2,1-4H3. The molecule has 0 spiro atoms. The Balaban J connectivity index is 3.09. The van der Waals surface area contributed by atoms with Crippen LogP contribution >= 0.6 is 0 Å². The average molecular weight is 196 g/mol. The van der Waals surface area contributed by atoms with Crippen LogP contribution in [0.4, 0.5) is 11.5 Å². The van der Waals surface area contributed by atoms with E-state index in [1.165, 1.54) is 0 Å². The van der Waals surface area contributed by atoms with Gasteiger partial charge in [-0.1, -0.05) is 6.92 Å². The fourth-order valence-corrected chi connectivity index (χ4v) is 1.50. The number of hydrogen-bond donors (Lipinski definition) is 1. The van der Waals surface area contributed by atoms with Crippen molar-refractivity contribution < 1.29 is 0 Å². The smallest absolute Gasteiger partial charge is 0.150 e. The summed E-state index contributed by atoms with van der Waals surface area (Å²) in [6, 6.07) is 0. The van der Waals surface area contributed by atoms with Gasteiger partial charge in [0, 0.05) is 20.1 Å². The topological polar surface area (TPSA) is 47.1 Å². The minimum absolute atomic E-state index is 0.808. The summed E-state index contributed by atoms with van der Waals surface area (Å²) in [5, 5.41) is 4.42. The second kappa shape index (κ2) is 4.35. The fraction of sp³-hybridized carbons (Fsp3) is 0.700. The molecule has 4 heteroatoms. The van der Waals surface area contributed by atoms with Gasteiger partial charge in [0.25, 0.3) is 0 Å². The van der Waals surface area contributed by atoms with Gasteiger partial charge >= 0.3 is 0 Å². The van der Waals surface area contributed by atoms with Gasteiger partial charge in [-0.25, -0.2) is 4.68 Å². The number of nitrogens with two attached hydrogens (primary N) is 1. The van der Waals surface area contributed by atoms with Crippen molar-refractivity contribution in [3.8, 4) is 0 Å². The molecule has 0 radical (unpaired) electrons. The van der Waals surface area contributed by atoms with Crippen molar-refractivity contribution in [2.75, 3.05) is 24.2 Å². The van der Waals surface area contributed by atoms with Crippen LogP contribution in [0.2, 0.25) is 0 Å². The zero-order valence-electron chi connectivity index (χ0n) is 9.54.